The van der Waals surface area contributed by atoms with Crippen LogP contribution in [0.1, 0.15) is 0 Å². The molecule has 0 saturated carbocycles. The predicted octanol–water partition coefficient (Wildman–Crippen LogP) is 0.768. The molecule has 16 heavy (non-hydrogen) atoms. The van der Waals surface area contributed by atoms with Crippen molar-refractivity contribution in [2.75, 3.05) is 5.73 Å². The summed E-state index contributed by atoms with van der Waals surface area (Å²) in [6, 6.07) is 5.48. The summed E-state index contributed by atoms with van der Waals surface area (Å²) >= 11 is 0. The molecular formula is C10H8N6. The standard InChI is InChI=1S/C10H8N6/c11-10-9(7-3-5-12-13-6-7)15-8-2-1-4-14-16(8)10/h1-6H,11H2. The second-order valence-corrected chi connectivity index (χ2v) is 3.27. The normalized spacial score (nSPS) is 10.8. The van der Waals surface area contributed by atoms with Crippen LogP contribution in [0, 0.1) is 0 Å². The number of aromatic nitrogens is 5. The van der Waals surface area contributed by atoms with Crippen molar-refractivity contribution in [3.8, 4) is 11.3 Å². The average molecular weight is 212 g/mol. The Morgan fingerprint density at radius 3 is 2.81 bits per heavy atom. The van der Waals surface area contributed by atoms with Crippen molar-refractivity contribution >= 4 is 11.5 Å². The Hall–Kier alpha value is -2.50. The van der Waals surface area contributed by atoms with E-state index in [0.717, 1.165) is 5.56 Å². The topological polar surface area (TPSA) is 82.0 Å². The molecule has 0 bridgehead atoms. The molecule has 0 fully saturated rings. The van der Waals surface area contributed by atoms with Crippen LogP contribution in [-0.2, 0) is 0 Å². The number of imidazole rings is 1. The minimum Gasteiger partial charge on any atom is -0.382 e. The molecule has 0 amide bonds. The first kappa shape index (κ1) is 8.78. The molecule has 0 unspecified atom stereocenters. The molecule has 3 heterocycles. The van der Waals surface area contributed by atoms with Crippen molar-refractivity contribution < 1.29 is 0 Å². The van der Waals surface area contributed by atoms with E-state index in [0.29, 0.717) is 17.2 Å². The second kappa shape index (κ2) is 3.27. The highest BCUT2D eigenvalue weighted by Crippen LogP contribution is 2.23. The number of hydrogen-bond donors (Lipinski definition) is 1. The summed E-state index contributed by atoms with van der Waals surface area (Å²) in [5, 5.41) is 11.6. The van der Waals surface area contributed by atoms with Gasteiger partial charge in [0, 0.05) is 11.8 Å². The lowest BCUT2D eigenvalue weighted by atomic mass is 10.2. The molecule has 6 nitrogen and oxygen atoms in total. The van der Waals surface area contributed by atoms with Gasteiger partial charge in [0.05, 0.1) is 12.4 Å². The lowest BCUT2D eigenvalue weighted by molar-refractivity contribution is 0.946. The molecule has 0 atom stereocenters. The van der Waals surface area contributed by atoms with Crippen LogP contribution < -0.4 is 5.73 Å². The lowest BCUT2D eigenvalue weighted by Crippen LogP contribution is -1.97. The van der Waals surface area contributed by atoms with Gasteiger partial charge in [0.1, 0.15) is 5.69 Å². The largest absolute Gasteiger partial charge is 0.382 e. The van der Waals surface area contributed by atoms with E-state index in [-0.39, 0.29) is 0 Å². The number of nitrogens with two attached hydrogens (primary N) is 1. The van der Waals surface area contributed by atoms with Crippen LogP contribution in [0.3, 0.4) is 0 Å². The van der Waals surface area contributed by atoms with Gasteiger partial charge in [-0.2, -0.15) is 19.8 Å². The number of hydrogen-bond acceptors (Lipinski definition) is 5. The Morgan fingerprint density at radius 2 is 2.06 bits per heavy atom. The van der Waals surface area contributed by atoms with Crippen LogP contribution in [0.25, 0.3) is 16.9 Å². The van der Waals surface area contributed by atoms with Crippen molar-refractivity contribution in [2.45, 2.75) is 0 Å². The Balaban J connectivity index is 2.29. The van der Waals surface area contributed by atoms with Crippen molar-refractivity contribution in [3.63, 3.8) is 0 Å². The van der Waals surface area contributed by atoms with Crippen LogP contribution in [0.5, 0.6) is 0 Å². The van der Waals surface area contributed by atoms with Crippen molar-refractivity contribution in [3.05, 3.63) is 36.8 Å². The van der Waals surface area contributed by atoms with E-state index in [1.807, 2.05) is 18.2 Å². The summed E-state index contributed by atoms with van der Waals surface area (Å²) < 4.78 is 1.59. The fourth-order valence-electron chi connectivity index (χ4n) is 1.55. The quantitative estimate of drug-likeness (QED) is 0.644. The zero-order valence-electron chi connectivity index (χ0n) is 8.28. The number of fused-ring (bicyclic) bond motifs is 1. The number of rotatable bonds is 1. The van der Waals surface area contributed by atoms with Gasteiger partial charge in [-0.15, -0.1) is 0 Å². The Labute approximate surface area is 90.8 Å². The summed E-state index contributed by atoms with van der Waals surface area (Å²) in [7, 11) is 0. The summed E-state index contributed by atoms with van der Waals surface area (Å²) in [6.07, 6.45) is 4.89. The second-order valence-electron chi connectivity index (χ2n) is 3.27. The highest BCUT2D eigenvalue weighted by Gasteiger charge is 2.11. The third-order valence-electron chi connectivity index (χ3n) is 2.29. The van der Waals surface area contributed by atoms with Gasteiger partial charge in [0.2, 0.25) is 0 Å². The third-order valence-corrected chi connectivity index (χ3v) is 2.29. The average Bonchev–Trinajstić information content (AvgIpc) is 2.69. The van der Waals surface area contributed by atoms with Gasteiger partial charge in [-0.3, -0.25) is 0 Å². The molecule has 2 N–H and O–H groups in total. The highest BCUT2D eigenvalue weighted by atomic mass is 15.3. The molecule has 3 aromatic rings. The summed E-state index contributed by atoms with van der Waals surface area (Å²) in [6.45, 7) is 0. The lowest BCUT2D eigenvalue weighted by Gasteiger charge is -1.96. The number of nitrogen functional groups attached to an aromatic ring is 1. The molecule has 0 spiro atoms. The van der Waals surface area contributed by atoms with E-state index in [9.17, 15) is 0 Å². The van der Waals surface area contributed by atoms with Crippen molar-refractivity contribution in [1.29, 1.82) is 0 Å². The predicted molar refractivity (Wildman–Crippen MR) is 58.4 cm³/mol. The van der Waals surface area contributed by atoms with Crippen LogP contribution in [0.4, 0.5) is 5.82 Å². The molecular weight excluding hydrogens is 204 g/mol. The molecule has 0 aliphatic heterocycles. The Morgan fingerprint density at radius 1 is 1.12 bits per heavy atom. The van der Waals surface area contributed by atoms with E-state index in [4.69, 9.17) is 5.73 Å². The first-order valence-electron chi connectivity index (χ1n) is 4.72. The molecule has 0 saturated heterocycles. The van der Waals surface area contributed by atoms with E-state index >= 15 is 0 Å². The molecule has 3 aromatic heterocycles. The Kier molecular flexibility index (Phi) is 1.79. The Bertz CT molecular complexity index is 630. The zero-order chi connectivity index (χ0) is 11.0. The molecule has 0 aromatic carbocycles. The van der Waals surface area contributed by atoms with Gasteiger partial charge in [0.15, 0.2) is 11.5 Å². The summed E-state index contributed by atoms with van der Waals surface area (Å²) in [4.78, 5) is 4.39. The molecule has 0 aliphatic carbocycles. The van der Waals surface area contributed by atoms with Crippen LogP contribution in [0.2, 0.25) is 0 Å². The van der Waals surface area contributed by atoms with Gasteiger partial charge >= 0.3 is 0 Å². The minimum absolute atomic E-state index is 0.503. The van der Waals surface area contributed by atoms with Gasteiger partial charge in [-0.1, -0.05) is 0 Å². The fourth-order valence-corrected chi connectivity index (χ4v) is 1.55. The monoisotopic (exact) mass is 212 g/mol. The minimum atomic E-state index is 0.503. The first-order chi connectivity index (χ1) is 7.86. The smallest absolute Gasteiger partial charge is 0.156 e. The molecule has 0 aliphatic rings. The van der Waals surface area contributed by atoms with E-state index < -0.39 is 0 Å². The highest BCUT2D eigenvalue weighted by molar-refractivity contribution is 5.73. The maximum atomic E-state index is 5.96. The van der Waals surface area contributed by atoms with E-state index in [2.05, 4.69) is 20.3 Å². The first-order valence-corrected chi connectivity index (χ1v) is 4.72. The molecule has 6 heteroatoms. The van der Waals surface area contributed by atoms with E-state index in [1.165, 1.54) is 0 Å². The molecule has 0 radical (unpaired) electrons. The maximum absolute atomic E-state index is 5.96. The van der Waals surface area contributed by atoms with E-state index in [1.54, 1.807) is 23.1 Å². The van der Waals surface area contributed by atoms with Crippen LogP contribution in [0.15, 0.2) is 36.8 Å². The van der Waals surface area contributed by atoms with Crippen LogP contribution in [-0.4, -0.2) is 24.8 Å². The SMILES string of the molecule is Nc1c(-c2ccnnc2)nc2cccnn12. The van der Waals surface area contributed by atoms with Gasteiger partial charge in [0.25, 0.3) is 0 Å². The molecule has 78 valence electrons. The fraction of sp³-hybridized carbons (Fsp3) is 0. The van der Waals surface area contributed by atoms with Gasteiger partial charge < -0.3 is 5.73 Å². The summed E-state index contributed by atoms with van der Waals surface area (Å²) in [5.41, 5.74) is 8.18. The summed E-state index contributed by atoms with van der Waals surface area (Å²) in [5.74, 6) is 0.503. The maximum Gasteiger partial charge on any atom is 0.156 e. The number of anilines is 1. The number of nitrogens with zero attached hydrogens (tertiary/aromatic N) is 5. The zero-order valence-corrected chi connectivity index (χ0v) is 8.28. The third kappa shape index (κ3) is 1.20. The molecule has 3 rings (SSSR count). The van der Waals surface area contributed by atoms with Crippen molar-refractivity contribution in [1.82, 2.24) is 24.8 Å². The van der Waals surface area contributed by atoms with Gasteiger partial charge in [-0.25, -0.2) is 4.98 Å². The van der Waals surface area contributed by atoms with Gasteiger partial charge in [-0.05, 0) is 18.2 Å². The van der Waals surface area contributed by atoms with Crippen molar-refractivity contribution in [2.24, 2.45) is 0 Å². The van der Waals surface area contributed by atoms with Crippen LogP contribution >= 0.6 is 0 Å².